The Kier molecular flexibility index (Phi) is 6.85. The van der Waals surface area contributed by atoms with Gasteiger partial charge in [-0.3, -0.25) is 4.99 Å². The van der Waals surface area contributed by atoms with E-state index in [0.29, 0.717) is 24.4 Å². The third-order valence-electron chi connectivity index (χ3n) is 6.28. The Morgan fingerprint density at radius 3 is 2.47 bits per heavy atom. The fraction of sp³-hybridized carbons (Fsp3) is 0.200. The third kappa shape index (κ3) is 5.03. The monoisotopic (exact) mass is 480 g/mol. The van der Waals surface area contributed by atoms with Crippen LogP contribution in [0.3, 0.4) is 0 Å². The highest BCUT2D eigenvalue weighted by molar-refractivity contribution is 6.04. The number of methoxy groups -OCH3 is 1. The zero-order valence-electron chi connectivity index (χ0n) is 20.4. The molecule has 0 saturated heterocycles. The number of rotatable bonds is 8. The molecular formula is C30H28N2O4. The molecule has 0 bridgehead atoms. The summed E-state index contributed by atoms with van der Waals surface area (Å²) < 4.78 is 17.3. The Labute approximate surface area is 210 Å². The Hall–Kier alpha value is -4.32. The van der Waals surface area contributed by atoms with Crippen LogP contribution in [0.1, 0.15) is 21.5 Å². The number of hydrogen-bond acceptors (Lipinski definition) is 6. The average molecular weight is 481 g/mol. The summed E-state index contributed by atoms with van der Waals surface area (Å²) in [5.74, 6) is 1.94. The van der Waals surface area contributed by atoms with Crippen LogP contribution in [-0.2, 0) is 11.3 Å². The van der Waals surface area contributed by atoms with Gasteiger partial charge < -0.3 is 19.1 Å². The van der Waals surface area contributed by atoms with E-state index in [4.69, 9.17) is 19.2 Å². The number of hydrogen-bond donors (Lipinski definition) is 0. The van der Waals surface area contributed by atoms with Gasteiger partial charge in [-0.15, -0.1) is 0 Å². The second-order valence-corrected chi connectivity index (χ2v) is 8.72. The summed E-state index contributed by atoms with van der Waals surface area (Å²) in [5, 5.41) is 1.86. The largest absolute Gasteiger partial charge is 0.497 e. The SMILES string of the molecule is COc1ccc(OCC(CN(C)C2=NCc3ccccc32)OC(=O)c2cccc3ccccc23)cc1. The number of esters is 1. The van der Waals surface area contributed by atoms with Crippen molar-refractivity contribution in [1.29, 1.82) is 0 Å². The summed E-state index contributed by atoms with van der Waals surface area (Å²) in [6.45, 7) is 1.28. The molecule has 0 aromatic heterocycles. The predicted octanol–water partition coefficient (Wildman–Crippen LogP) is 5.35. The van der Waals surface area contributed by atoms with Crippen molar-refractivity contribution in [2.24, 2.45) is 4.99 Å². The first-order valence-electron chi connectivity index (χ1n) is 11.9. The van der Waals surface area contributed by atoms with Crippen LogP contribution in [0, 0.1) is 0 Å². The second-order valence-electron chi connectivity index (χ2n) is 8.72. The minimum atomic E-state index is -0.529. The van der Waals surface area contributed by atoms with E-state index in [-0.39, 0.29) is 12.6 Å². The number of fused-ring (bicyclic) bond motifs is 2. The number of aliphatic imine (C=N–C) groups is 1. The lowest BCUT2D eigenvalue weighted by atomic mass is 10.0. The van der Waals surface area contributed by atoms with Crippen LogP contribution < -0.4 is 9.47 Å². The van der Waals surface area contributed by atoms with Crippen molar-refractivity contribution < 1.29 is 19.0 Å². The van der Waals surface area contributed by atoms with Crippen LogP contribution in [0.2, 0.25) is 0 Å². The molecule has 1 unspecified atom stereocenters. The van der Waals surface area contributed by atoms with Gasteiger partial charge in [-0.2, -0.15) is 0 Å². The highest BCUT2D eigenvalue weighted by atomic mass is 16.6. The zero-order valence-corrected chi connectivity index (χ0v) is 20.4. The molecule has 0 spiro atoms. The first-order valence-corrected chi connectivity index (χ1v) is 11.9. The zero-order chi connectivity index (χ0) is 24.9. The maximum absolute atomic E-state index is 13.3. The third-order valence-corrected chi connectivity index (χ3v) is 6.28. The number of likely N-dealkylation sites (N-methyl/N-ethyl adjacent to an activating group) is 1. The summed E-state index contributed by atoms with van der Waals surface area (Å²) >= 11 is 0. The minimum Gasteiger partial charge on any atom is -0.497 e. The lowest BCUT2D eigenvalue weighted by Gasteiger charge is -2.26. The second kappa shape index (κ2) is 10.5. The van der Waals surface area contributed by atoms with E-state index in [1.807, 2.05) is 84.7 Å². The van der Waals surface area contributed by atoms with Gasteiger partial charge >= 0.3 is 5.97 Å². The molecule has 1 aliphatic heterocycles. The molecule has 1 atom stereocenters. The molecule has 0 aliphatic carbocycles. The Bertz CT molecular complexity index is 1390. The molecule has 36 heavy (non-hydrogen) atoms. The highest BCUT2D eigenvalue weighted by Crippen LogP contribution is 2.23. The van der Waals surface area contributed by atoms with Gasteiger partial charge in [0.25, 0.3) is 0 Å². The van der Waals surface area contributed by atoms with Gasteiger partial charge in [0.1, 0.15) is 23.9 Å². The molecule has 6 heteroatoms. The number of nitrogens with zero attached hydrogens (tertiary/aromatic N) is 2. The van der Waals surface area contributed by atoms with E-state index in [1.165, 1.54) is 5.56 Å². The first kappa shape index (κ1) is 23.4. The first-order chi connectivity index (χ1) is 17.6. The van der Waals surface area contributed by atoms with Crippen molar-refractivity contribution in [3.63, 3.8) is 0 Å². The van der Waals surface area contributed by atoms with Crippen LogP contribution in [-0.4, -0.2) is 50.1 Å². The van der Waals surface area contributed by atoms with E-state index in [2.05, 4.69) is 12.1 Å². The predicted molar refractivity (Wildman–Crippen MR) is 141 cm³/mol. The van der Waals surface area contributed by atoms with E-state index in [0.717, 1.165) is 27.9 Å². The highest BCUT2D eigenvalue weighted by Gasteiger charge is 2.25. The quantitative estimate of drug-likeness (QED) is 0.319. The molecule has 0 N–H and O–H groups in total. The van der Waals surface area contributed by atoms with Crippen LogP contribution in [0.15, 0.2) is 96.0 Å². The van der Waals surface area contributed by atoms with Crippen LogP contribution in [0.4, 0.5) is 0 Å². The molecule has 4 aromatic rings. The standard InChI is InChI=1S/C30H28N2O4/c1-32(29-27-12-6-4-9-22(27)18-31-29)19-25(20-35-24-16-14-23(34-2)15-17-24)36-30(33)28-13-7-10-21-8-3-5-11-26(21)28/h3-17,25H,18-20H2,1-2H3. The molecule has 5 rings (SSSR count). The van der Waals surface area contributed by atoms with Crippen LogP contribution in [0.5, 0.6) is 11.5 Å². The number of benzene rings is 4. The smallest absolute Gasteiger partial charge is 0.339 e. The molecule has 0 amide bonds. The topological polar surface area (TPSA) is 60.4 Å². The van der Waals surface area contributed by atoms with Gasteiger partial charge in [0, 0.05) is 12.6 Å². The summed E-state index contributed by atoms with van der Waals surface area (Å²) in [4.78, 5) is 20.1. The number of carbonyl (C=O) groups excluding carboxylic acids is 1. The van der Waals surface area contributed by atoms with Crippen LogP contribution >= 0.6 is 0 Å². The number of amidine groups is 1. The number of ether oxygens (including phenoxy) is 3. The van der Waals surface area contributed by atoms with E-state index < -0.39 is 6.10 Å². The van der Waals surface area contributed by atoms with Crippen molar-refractivity contribution in [3.8, 4) is 11.5 Å². The normalized spacial score (nSPS) is 13.0. The van der Waals surface area contributed by atoms with Gasteiger partial charge in [0.2, 0.25) is 0 Å². The Balaban J connectivity index is 1.35. The fourth-order valence-corrected chi connectivity index (χ4v) is 4.44. The van der Waals surface area contributed by atoms with E-state index in [1.54, 1.807) is 13.2 Å². The lowest BCUT2D eigenvalue weighted by Crippen LogP contribution is -2.39. The van der Waals surface area contributed by atoms with Crippen molar-refractivity contribution in [2.45, 2.75) is 12.6 Å². The average Bonchev–Trinajstić information content (AvgIpc) is 3.36. The molecule has 1 heterocycles. The van der Waals surface area contributed by atoms with Crippen molar-refractivity contribution in [2.75, 3.05) is 27.3 Å². The molecule has 0 radical (unpaired) electrons. The summed E-state index contributed by atoms with van der Waals surface area (Å²) in [6, 6.07) is 29.0. The Morgan fingerprint density at radius 1 is 0.917 bits per heavy atom. The van der Waals surface area contributed by atoms with E-state index >= 15 is 0 Å². The molecule has 182 valence electrons. The molecule has 4 aromatic carbocycles. The summed E-state index contributed by atoms with van der Waals surface area (Å²) in [6.07, 6.45) is -0.529. The van der Waals surface area contributed by atoms with Crippen molar-refractivity contribution >= 4 is 22.6 Å². The maximum atomic E-state index is 13.3. The molecule has 0 saturated carbocycles. The van der Waals surface area contributed by atoms with Gasteiger partial charge in [-0.05, 0) is 46.7 Å². The van der Waals surface area contributed by atoms with E-state index in [9.17, 15) is 4.79 Å². The molecular weight excluding hydrogens is 452 g/mol. The maximum Gasteiger partial charge on any atom is 0.339 e. The fourth-order valence-electron chi connectivity index (χ4n) is 4.44. The molecule has 6 nitrogen and oxygen atoms in total. The van der Waals surface area contributed by atoms with Crippen LogP contribution in [0.25, 0.3) is 10.8 Å². The van der Waals surface area contributed by atoms with Crippen molar-refractivity contribution in [1.82, 2.24) is 4.90 Å². The Morgan fingerprint density at radius 2 is 1.64 bits per heavy atom. The minimum absolute atomic E-state index is 0.197. The summed E-state index contributed by atoms with van der Waals surface area (Å²) in [7, 11) is 3.59. The molecule has 0 fully saturated rings. The summed E-state index contributed by atoms with van der Waals surface area (Å²) in [5.41, 5.74) is 2.84. The van der Waals surface area contributed by atoms with Gasteiger partial charge in [0.15, 0.2) is 6.10 Å². The number of carbonyl (C=O) groups is 1. The van der Waals surface area contributed by atoms with Crippen molar-refractivity contribution in [3.05, 3.63) is 108 Å². The van der Waals surface area contributed by atoms with Gasteiger partial charge in [0.05, 0.1) is 25.8 Å². The van der Waals surface area contributed by atoms with Gasteiger partial charge in [-0.25, -0.2) is 4.79 Å². The molecule has 1 aliphatic rings. The lowest BCUT2D eigenvalue weighted by molar-refractivity contribution is 0.0132. The van der Waals surface area contributed by atoms with Gasteiger partial charge in [-0.1, -0.05) is 60.7 Å².